The average Bonchev–Trinajstić information content (AvgIpc) is 2.48. The van der Waals surface area contributed by atoms with Crippen LogP contribution in [0.2, 0.25) is 0 Å². The first kappa shape index (κ1) is 16.4. The third kappa shape index (κ3) is 4.79. The van der Waals surface area contributed by atoms with E-state index >= 15 is 0 Å². The Balaban J connectivity index is 2.86. The molecule has 0 saturated heterocycles. The van der Waals surface area contributed by atoms with Crippen molar-refractivity contribution in [1.29, 1.82) is 0 Å². The molecule has 20 heavy (non-hydrogen) atoms. The summed E-state index contributed by atoms with van der Waals surface area (Å²) in [4.78, 5) is 18.4. The zero-order valence-corrected chi connectivity index (χ0v) is 12.4. The summed E-state index contributed by atoms with van der Waals surface area (Å²) in [7, 11) is 3.24. The van der Waals surface area contributed by atoms with Gasteiger partial charge in [0.15, 0.2) is 0 Å². The fraction of sp³-hybridized carbons (Fsp3) is 0.571. The van der Waals surface area contributed by atoms with Crippen molar-refractivity contribution in [3.8, 4) is 0 Å². The molecule has 1 rings (SSSR count). The molecule has 0 aliphatic heterocycles. The Morgan fingerprint density at radius 3 is 2.50 bits per heavy atom. The molecule has 1 N–H and O–H groups in total. The molecular formula is C14H23N3O3. The number of ether oxygens (including phenoxy) is 2. The van der Waals surface area contributed by atoms with Crippen molar-refractivity contribution in [1.82, 2.24) is 9.88 Å². The number of methoxy groups -OCH3 is 2. The van der Waals surface area contributed by atoms with Crippen LogP contribution in [0.25, 0.3) is 0 Å². The summed E-state index contributed by atoms with van der Waals surface area (Å²) in [5.41, 5.74) is 1.37. The summed E-state index contributed by atoms with van der Waals surface area (Å²) in [5, 5.41) is 3.15. The smallest absolute Gasteiger partial charge is 0.256 e. The lowest BCUT2D eigenvalue weighted by molar-refractivity contribution is 0.0628. The molecule has 1 heterocycles. The van der Waals surface area contributed by atoms with E-state index in [2.05, 4.69) is 10.3 Å². The SMILES string of the molecule is CCNc1cnccc1C(=O)N(CCOC)CCOC. The number of pyridine rings is 1. The first-order valence-corrected chi connectivity index (χ1v) is 6.69. The summed E-state index contributed by atoms with van der Waals surface area (Å²) in [5.74, 6) is -0.0440. The molecule has 0 fully saturated rings. The van der Waals surface area contributed by atoms with E-state index in [1.165, 1.54) is 0 Å². The lowest BCUT2D eigenvalue weighted by atomic mass is 10.2. The van der Waals surface area contributed by atoms with Gasteiger partial charge in [0.05, 0.1) is 30.7 Å². The second-order valence-corrected chi connectivity index (χ2v) is 4.23. The Morgan fingerprint density at radius 1 is 1.30 bits per heavy atom. The fourth-order valence-electron chi connectivity index (χ4n) is 1.80. The molecule has 0 spiro atoms. The zero-order valence-electron chi connectivity index (χ0n) is 12.4. The van der Waals surface area contributed by atoms with Gasteiger partial charge in [-0.15, -0.1) is 0 Å². The van der Waals surface area contributed by atoms with Crippen LogP contribution in [0.1, 0.15) is 17.3 Å². The number of carbonyl (C=O) groups is 1. The second kappa shape index (κ2) is 9.28. The molecule has 6 nitrogen and oxygen atoms in total. The van der Waals surface area contributed by atoms with E-state index in [9.17, 15) is 4.79 Å². The molecule has 0 radical (unpaired) electrons. The Bertz CT molecular complexity index is 404. The molecule has 0 unspecified atom stereocenters. The van der Waals surface area contributed by atoms with Crippen molar-refractivity contribution in [3.05, 3.63) is 24.0 Å². The number of hydrogen-bond acceptors (Lipinski definition) is 5. The minimum Gasteiger partial charge on any atom is -0.383 e. The summed E-state index contributed by atoms with van der Waals surface area (Å²) in [6.45, 7) is 4.78. The highest BCUT2D eigenvalue weighted by atomic mass is 16.5. The van der Waals surface area contributed by atoms with Crippen LogP contribution in [0.15, 0.2) is 18.5 Å². The first-order valence-electron chi connectivity index (χ1n) is 6.69. The molecule has 0 aromatic carbocycles. The van der Waals surface area contributed by atoms with Crippen molar-refractivity contribution in [2.24, 2.45) is 0 Å². The largest absolute Gasteiger partial charge is 0.383 e. The predicted octanol–water partition coefficient (Wildman–Crippen LogP) is 1.25. The van der Waals surface area contributed by atoms with Gasteiger partial charge in [0.1, 0.15) is 0 Å². The van der Waals surface area contributed by atoms with Gasteiger partial charge in [0, 0.05) is 40.1 Å². The van der Waals surface area contributed by atoms with Gasteiger partial charge in [0.25, 0.3) is 5.91 Å². The molecule has 1 aromatic rings. The number of nitrogens with one attached hydrogen (secondary N) is 1. The van der Waals surface area contributed by atoms with Gasteiger partial charge in [-0.05, 0) is 13.0 Å². The summed E-state index contributed by atoms with van der Waals surface area (Å²) < 4.78 is 10.1. The maximum Gasteiger partial charge on any atom is 0.256 e. The summed E-state index contributed by atoms with van der Waals surface area (Å²) >= 11 is 0. The summed E-state index contributed by atoms with van der Waals surface area (Å²) in [6, 6.07) is 1.73. The second-order valence-electron chi connectivity index (χ2n) is 4.23. The molecule has 1 aromatic heterocycles. The Morgan fingerprint density at radius 2 is 1.95 bits per heavy atom. The lowest BCUT2D eigenvalue weighted by Crippen LogP contribution is -2.36. The first-order chi connectivity index (χ1) is 9.74. The van der Waals surface area contributed by atoms with Crippen molar-refractivity contribution < 1.29 is 14.3 Å². The number of carbonyl (C=O) groups excluding carboxylic acids is 1. The quantitative estimate of drug-likeness (QED) is 0.738. The number of anilines is 1. The van der Waals surface area contributed by atoms with Gasteiger partial charge in [-0.3, -0.25) is 9.78 Å². The van der Waals surface area contributed by atoms with Crippen molar-refractivity contribution in [2.75, 3.05) is 52.4 Å². The van der Waals surface area contributed by atoms with Crippen LogP contribution in [0.4, 0.5) is 5.69 Å². The predicted molar refractivity (Wildman–Crippen MR) is 78.1 cm³/mol. The van der Waals surface area contributed by atoms with E-state index in [-0.39, 0.29) is 5.91 Å². The molecule has 0 aliphatic carbocycles. The van der Waals surface area contributed by atoms with Crippen LogP contribution < -0.4 is 5.32 Å². The van der Waals surface area contributed by atoms with Gasteiger partial charge in [-0.1, -0.05) is 0 Å². The Labute approximate surface area is 120 Å². The van der Waals surface area contributed by atoms with E-state index in [0.29, 0.717) is 31.9 Å². The molecule has 0 atom stereocenters. The number of nitrogens with zero attached hydrogens (tertiary/aromatic N) is 2. The van der Waals surface area contributed by atoms with Gasteiger partial charge in [-0.2, -0.15) is 0 Å². The molecule has 0 saturated carbocycles. The number of aromatic nitrogens is 1. The van der Waals surface area contributed by atoms with Crippen LogP contribution >= 0.6 is 0 Å². The van der Waals surface area contributed by atoms with Gasteiger partial charge >= 0.3 is 0 Å². The number of hydrogen-bond donors (Lipinski definition) is 1. The monoisotopic (exact) mass is 281 g/mol. The Kier molecular flexibility index (Phi) is 7.60. The van der Waals surface area contributed by atoms with Crippen molar-refractivity contribution >= 4 is 11.6 Å². The van der Waals surface area contributed by atoms with Crippen LogP contribution in [0.3, 0.4) is 0 Å². The van der Waals surface area contributed by atoms with E-state index in [4.69, 9.17) is 9.47 Å². The maximum absolute atomic E-state index is 12.6. The van der Waals surface area contributed by atoms with Crippen molar-refractivity contribution in [2.45, 2.75) is 6.92 Å². The number of rotatable bonds is 9. The van der Waals surface area contributed by atoms with Gasteiger partial charge < -0.3 is 19.7 Å². The van der Waals surface area contributed by atoms with Gasteiger partial charge in [0.2, 0.25) is 0 Å². The minimum atomic E-state index is -0.0440. The highest BCUT2D eigenvalue weighted by Gasteiger charge is 2.18. The maximum atomic E-state index is 12.6. The molecule has 112 valence electrons. The van der Waals surface area contributed by atoms with E-state index in [0.717, 1.165) is 12.2 Å². The molecule has 1 amide bonds. The summed E-state index contributed by atoms with van der Waals surface area (Å²) in [6.07, 6.45) is 3.29. The number of amides is 1. The third-order valence-corrected chi connectivity index (χ3v) is 2.84. The highest BCUT2D eigenvalue weighted by molar-refractivity contribution is 5.99. The van der Waals surface area contributed by atoms with Crippen LogP contribution in [0.5, 0.6) is 0 Å². The lowest BCUT2D eigenvalue weighted by Gasteiger charge is -2.23. The van der Waals surface area contributed by atoms with E-state index in [1.54, 1.807) is 37.6 Å². The molecular weight excluding hydrogens is 258 g/mol. The van der Waals surface area contributed by atoms with E-state index in [1.807, 2.05) is 6.92 Å². The van der Waals surface area contributed by atoms with Crippen LogP contribution in [0, 0.1) is 0 Å². The zero-order chi connectivity index (χ0) is 14.8. The molecule has 6 heteroatoms. The minimum absolute atomic E-state index is 0.0440. The Hall–Kier alpha value is -1.66. The highest BCUT2D eigenvalue weighted by Crippen LogP contribution is 2.15. The normalized spacial score (nSPS) is 10.3. The topological polar surface area (TPSA) is 63.7 Å². The van der Waals surface area contributed by atoms with Gasteiger partial charge in [-0.25, -0.2) is 0 Å². The van der Waals surface area contributed by atoms with Crippen molar-refractivity contribution in [3.63, 3.8) is 0 Å². The standard InChI is InChI=1S/C14H23N3O3/c1-4-16-13-11-15-6-5-12(13)14(18)17(7-9-19-2)8-10-20-3/h5-6,11,16H,4,7-10H2,1-3H3. The molecule has 0 bridgehead atoms. The fourth-order valence-corrected chi connectivity index (χ4v) is 1.80. The van der Waals surface area contributed by atoms with Crippen LogP contribution in [-0.4, -0.2) is 62.9 Å². The van der Waals surface area contributed by atoms with Crippen LogP contribution in [-0.2, 0) is 9.47 Å². The molecule has 0 aliphatic rings. The average molecular weight is 281 g/mol. The van der Waals surface area contributed by atoms with E-state index < -0.39 is 0 Å². The third-order valence-electron chi connectivity index (χ3n) is 2.84.